The fraction of sp³-hybridized carbons (Fsp3) is 0.947. The first kappa shape index (κ1) is 21.4. The molecule has 2 fully saturated rings. The molecule has 2 aliphatic heterocycles. The summed E-state index contributed by atoms with van der Waals surface area (Å²) in [6.07, 6.45) is 6.89. The van der Waals surface area contributed by atoms with Crippen molar-refractivity contribution >= 4 is 5.96 Å². The maximum Gasteiger partial charge on any atom is 0.191 e. The molecular formula is C19H38N4O3. The lowest BCUT2D eigenvalue weighted by Crippen LogP contribution is -2.49. The lowest BCUT2D eigenvalue weighted by atomic mass is 10.1. The van der Waals surface area contributed by atoms with E-state index in [1.54, 1.807) is 7.11 Å². The van der Waals surface area contributed by atoms with Crippen molar-refractivity contribution in [3.05, 3.63) is 0 Å². The predicted octanol–water partition coefficient (Wildman–Crippen LogP) is 1.24. The number of rotatable bonds is 10. The molecule has 0 radical (unpaired) electrons. The minimum absolute atomic E-state index is 0.385. The van der Waals surface area contributed by atoms with Crippen molar-refractivity contribution in [3.63, 3.8) is 0 Å². The number of hydrogen-bond donors (Lipinski definition) is 2. The topological polar surface area (TPSA) is 67.4 Å². The van der Waals surface area contributed by atoms with Gasteiger partial charge in [0.05, 0.1) is 6.10 Å². The van der Waals surface area contributed by atoms with Gasteiger partial charge in [0.25, 0.3) is 0 Å². The van der Waals surface area contributed by atoms with Crippen LogP contribution in [0.2, 0.25) is 0 Å². The Morgan fingerprint density at radius 2 is 1.88 bits per heavy atom. The van der Waals surface area contributed by atoms with Gasteiger partial charge in [-0.15, -0.1) is 0 Å². The van der Waals surface area contributed by atoms with Gasteiger partial charge in [0.15, 0.2) is 5.96 Å². The van der Waals surface area contributed by atoms with E-state index in [0.29, 0.717) is 12.1 Å². The molecule has 2 heterocycles. The minimum Gasteiger partial charge on any atom is -0.385 e. The molecule has 2 rings (SSSR count). The molecule has 0 atom stereocenters. The number of methoxy groups -OCH3 is 1. The summed E-state index contributed by atoms with van der Waals surface area (Å²) < 4.78 is 16.4. The lowest BCUT2D eigenvalue weighted by Gasteiger charge is -2.33. The van der Waals surface area contributed by atoms with Crippen LogP contribution in [-0.2, 0) is 14.2 Å². The summed E-state index contributed by atoms with van der Waals surface area (Å²) in [7, 11) is 3.61. The number of hydrogen-bond acceptors (Lipinski definition) is 5. The zero-order valence-corrected chi connectivity index (χ0v) is 16.7. The molecule has 0 aromatic rings. The van der Waals surface area contributed by atoms with Gasteiger partial charge in [-0.3, -0.25) is 4.99 Å². The highest BCUT2D eigenvalue weighted by atomic mass is 16.5. The van der Waals surface area contributed by atoms with Crippen LogP contribution in [0.1, 0.15) is 38.5 Å². The Bertz CT molecular complexity index is 381. The molecule has 7 nitrogen and oxygen atoms in total. The van der Waals surface area contributed by atoms with Crippen molar-refractivity contribution in [1.29, 1.82) is 0 Å². The molecule has 0 bridgehead atoms. The highest BCUT2D eigenvalue weighted by molar-refractivity contribution is 5.79. The monoisotopic (exact) mass is 370 g/mol. The molecule has 0 aliphatic carbocycles. The lowest BCUT2D eigenvalue weighted by molar-refractivity contribution is -0.0320. The third kappa shape index (κ3) is 8.66. The SMILES string of the molecule is CN=C(NCCCOC1CCOCC1)NC1CCN(CCCOC)CC1. The molecule has 2 saturated heterocycles. The largest absolute Gasteiger partial charge is 0.385 e. The highest BCUT2D eigenvalue weighted by Crippen LogP contribution is 2.11. The van der Waals surface area contributed by atoms with Crippen LogP contribution >= 0.6 is 0 Å². The fourth-order valence-electron chi connectivity index (χ4n) is 3.49. The van der Waals surface area contributed by atoms with E-state index >= 15 is 0 Å². The van der Waals surface area contributed by atoms with Crippen LogP contribution in [-0.4, -0.2) is 89.8 Å². The van der Waals surface area contributed by atoms with Crippen molar-refractivity contribution in [2.75, 3.05) is 66.8 Å². The van der Waals surface area contributed by atoms with E-state index in [4.69, 9.17) is 14.2 Å². The normalized spacial score (nSPS) is 21.1. The summed E-state index contributed by atoms with van der Waals surface area (Å²) in [6.45, 7) is 7.66. The van der Waals surface area contributed by atoms with E-state index in [2.05, 4.69) is 20.5 Å². The second-order valence-electron chi connectivity index (χ2n) is 7.14. The van der Waals surface area contributed by atoms with E-state index in [9.17, 15) is 0 Å². The smallest absolute Gasteiger partial charge is 0.191 e. The van der Waals surface area contributed by atoms with E-state index < -0.39 is 0 Å². The molecule has 0 aromatic heterocycles. The molecule has 0 spiro atoms. The number of ether oxygens (including phenoxy) is 3. The number of nitrogens with one attached hydrogen (secondary N) is 2. The first-order valence-electron chi connectivity index (χ1n) is 10.2. The summed E-state index contributed by atoms with van der Waals surface area (Å²) in [5, 5.41) is 6.98. The number of nitrogens with zero attached hydrogens (tertiary/aromatic N) is 2. The Morgan fingerprint density at radius 3 is 2.58 bits per heavy atom. The summed E-state index contributed by atoms with van der Waals surface area (Å²) in [6, 6.07) is 0.512. The molecule has 7 heteroatoms. The van der Waals surface area contributed by atoms with Crippen LogP contribution in [0.25, 0.3) is 0 Å². The Hall–Kier alpha value is -0.890. The van der Waals surface area contributed by atoms with Crippen LogP contribution in [0.15, 0.2) is 4.99 Å². The molecule has 0 unspecified atom stereocenters. The van der Waals surface area contributed by atoms with Gasteiger partial charge in [-0.2, -0.15) is 0 Å². The summed E-state index contributed by atoms with van der Waals surface area (Å²) in [4.78, 5) is 6.89. The van der Waals surface area contributed by atoms with Gasteiger partial charge in [-0.25, -0.2) is 0 Å². The molecule has 0 amide bonds. The average molecular weight is 371 g/mol. The third-order valence-corrected chi connectivity index (χ3v) is 5.11. The molecule has 0 saturated carbocycles. The van der Waals surface area contributed by atoms with E-state index in [1.807, 2.05) is 7.05 Å². The molecule has 152 valence electrons. The maximum absolute atomic E-state index is 5.91. The Kier molecular flexibility index (Phi) is 11.0. The van der Waals surface area contributed by atoms with Crippen molar-refractivity contribution < 1.29 is 14.2 Å². The number of likely N-dealkylation sites (tertiary alicyclic amines) is 1. The maximum atomic E-state index is 5.91. The third-order valence-electron chi connectivity index (χ3n) is 5.11. The second-order valence-corrected chi connectivity index (χ2v) is 7.14. The summed E-state index contributed by atoms with van der Waals surface area (Å²) >= 11 is 0. The van der Waals surface area contributed by atoms with E-state index in [0.717, 1.165) is 84.2 Å². The Balaban J connectivity index is 1.51. The van der Waals surface area contributed by atoms with Gasteiger partial charge >= 0.3 is 0 Å². The van der Waals surface area contributed by atoms with Gasteiger partial charge in [0.1, 0.15) is 0 Å². The standard InChI is InChI=1S/C19H38N4O3/c1-20-19(21-9-3-14-26-18-7-15-25-16-8-18)22-17-5-11-23(12-6-17)10-4-13-24-2/h17-18H,3-16H2,1-2H3,(H2,20,21,22). The van der Waals surface area contributed by atoms with Crippen molar-refractivity contribution in [2.24, 2.45) is 4.99 Å². The molecule has 26 heavy (non-hydrogen) atoms. The van der Waals surface area contributed by atoms with Gasteiger partial charge in [0, 0.05) is 72.8 Å². The zero-order valence-electron chi connectivity index (χ0n) is 16.7. The predicted molar refractivity (Wildman–Crippen MR) is 105 cm³/mol. The first-order chi connectivity index (χ1) is 12.8. The van der Waals surface area contributed by atoms with Crippen LogP contribution < -0.4 is 10.6 Å². The Morgan fingerprint density at radius 1 is 1.12 bits per heavy atom. The molecule has 0 aromatic carbocycles. The summed E-state index contributed by atoms with van der Waals surface area (Å²) in [5.41, 5.74) is 0. The number of piperidine rings is 1. The van der Waals surface area contributed by atoms with Crippen LogP contribution in [0, 0.1) is 0 Å². The van der Waals surface area contributed by atoms with Gasteiger partial charge in [0.2, 0.25) is 0 Å². The van der Waals surface area contributed by atoms with E-state index in [-0.39, 0.29) is 0 Å². The fourth-order valence-corrected chi connectivity index (χ4v) is 3.49. The Labute approximate surface area is 158 Å². The molecular weight excluding hydrogens is 332 g/mol. The molecule has 2 N–H and O–H groups in total. The number of aliphatic imine (C=N–C) groups is 1. The average Bonchev–Trinajstić information content (AvgIpc) is 2.69. The van der Waals surface area contributed by atoms with Crippen molar-refractivity contribution in [2.45, 2.75) is 50.7 Å². The van der Waals surface area contributed by atoms with Crippen molar-refractivity contribution in [1.82, 2.24) is 15.5 Å². The van der Waals surface area contributed by atoms with Crippen LogP contribution in [0.3, 0.4) is 0 Å². The number of guanidine groups is 1. The quantitative estimate of drug-likeness (QED) is 0.343. The van der Waals surface area contributed by atoms with Crippen LogP contribution in [0.4, 0.5) is 0 Å². The highest BCUT2D eigenvalue weighted by Gasteiger charge is 2.19. The van der Waals surface area contributed by atoms with Gasteiger partial charge in [-0.05, 0) is 38.5 Å². The van der Waals surface area contributed by atoms with Crippen molar-refractivity contribution in [3.8, 4) is 0 Å². The first-order valence-corrected chi connectivity index (χ1v) is 10.2. The summed E-state index contributed by atoms with van der Waals surface area (Å²) in [5.74, 6) is 0.911. The van der Waals surface area contributed by atoms with Gasteiger partial charge < -0.3 is 29.7 Å². The van der Waals surface area contributed by atoms with Gasteiger partial charge in [-0.1, -0.05) is 0 Å². The van der Waals surface area contributed by atoms with E-state index in [1.165, 1.54) is 12.8 Å². The second kappa shape index (κ2) is 13.3. The van der Waals surface area contributed by atoms with Crippen LogP contribution in [0.5, 0.6) is 0 Å². The zero-order chi connectivity index (χ0) is 18.5. The minimum atomic E-state index is 0.385. The molecule has 2 aliphatic rings.